The molecule has 0 radical (unpaired) electrons. The zero-order valence-electron chi connectivity index (χ0n) is 18.4. The number of nitrogens with zero attached hydrogens (tertiary/aromatic N) is 2. The minimum atomic E-state index is -3.42. The highest BCUT2D eigenvalue weighted by atomic mass is 35.5. The van der Waals surface area contributed by atoms with Crippen molar-refractivity contribution in [3.8, 4) is 0 Å². The average Bonchev–Trinajstić information content (AvgIpc) is 3.27. The van der Waals surface area contributed by atoms with Gasteiger partial charge in [-0.2, -0.15) is 0 Å². The number of anilines is 1. The molecular formula is C22H28ClN3O5S. The molecule has 1 heterocycles. The minimum Gasteiger partial charge on any atom is -0.350 e. The molecule has 1 aliphatic carbocycles. The Hall–Kier alpha value is -2.07. The number of aromatic nitrogens is 2. The van der Waals surface area contributed by atoms with Crippen LogP contribution in [0.5, 0.6) is 0 Å². The first kappa shape index (κ1) is 24.6. The number of hydrogen-bond acceptors (Lipinski definition) is 7. The van der Waals surface area contributed by atoms with Crippen molar-refractivity contribution in [1.29, 1.82) is 0 Å². The van der Waals surface area contributed by atoms with E-state index in [4.69, 9.17) is 21.1 Å². The number of sulfone groups is 1. The van der Waals surface area contributed by atoms with Crippen LogP contribution in [0.3, 0.4) is 0 Å². The van der Waals surface area contributed by atoms with Crippen LogP contribution >= 0.6 is 11.6 Å². The van der Waals surface area contributed by atoms with Gasteiger partial charge >= 0.3 is 0 Å². The highest BCUT2D eigenvalue weighted by Crippen LogP contribution is 2.41. The predicted molar refractivity (Wildman–Crippen MR) is 121 cm³/mol. The van der Waals surface area contributed by atoms with E-state index in [1.165, 1.54) is 32.7 Å². The number of carbonyl (C=O) groups is 1. The maximum atomic E-state index is 12.8. The Morgan fingerprint density at radius 3 is 2.41 bits per heavy atom. The molecule has 2 aromatic rings. The van der Waals surface area contributed by atoms with Gasteiger partial charge in [-0.25, -0.2) is 13.4 Å². The fourth-order valence-corrected chi connectivity index (χ4v) is 5.56. The Morgan fingerprint density at radius 2 is 1.88 bits per heavy atom. The van der Waals surface area contributed by atoms with Crippen molar-refractivity contribution in [2.45, 2.75) is 49.2 Å². The van der Waals surface area contributed by atoms with Crippen molar-refractivity contribution in [1.82, 2.24) is 9.97 Å². The largest absolute Gasteiger partial charge is 0.350 e. The Balaban J connectivity index is 1.76. The van der Waals surface area contributed by atoms with Gasteiger partial charge in [0.25, 0.3) is 0 Å². The summed E-state index contributed by atoms with van der Waals surface area (Å²) in [5.41, 5.74) is 1.37. The number of rotatable bonds is 9. The molecule has 174 valence electrons. The van der Waals surface area contributed by atoms with Crippen LogP contribution in [-0.2, 0) is 24.1 Å². The van der Waals surface area contributed by atoms with Crippen LogP contribution in [0.2, 0.25) is 5.02 Å². The second-order valence-electron chi connectivity index (χ2n) is 8.00. The Bertz CT molecular complexity index is 1040. The Morgan fingerprint density at radius 1 is 1.19 bits per heavy atom. The molecule has 1 unspecified atom stereocenters. The minimum absolute atomic E-state index is 0.0674. The number of ether oxygens (including phenoxy) is 2. The molecule has 1 saturated carbocycles. The maximum Gasteiger partial charge on any atom is 0.226 e. The van der Waals surface area contributed by atoms with Crippen LogP contribution in [0.1, 0.15) is 55.6 Å². The zero-order valence-corrected chi connectivity index (χ0v) is 19.9. The smallest absolute Gasteiger partial charge is 0.226 e. The molecule has 0 saturated heterocycles. The number of benzene rings is 1. The summed E-state index contributed by atoms with van der Waals surface area (Å²) < 4.78 is 34.1. The van der Waals surface area contributed by atoms with Crippen LogP contribution in [0.15, 0.2) is 35.5 Å². The monoisotopic (exact) mass is 481 g/mol. The first-order chi connectivity index (χ1) is 15.2. The van der Waals surface area contributed by atoms with E-state index in [0.717, 1.165) is 37.5 Å². The third-order valence-corrected chi connectivity index (χ3v) is 7.35. The molecule has 1 N–H and O–H groups in total. The number of hydrogen-bond donors (Lipinski definition) is 1. The number of carbonyl (C=O) groups excluding carboxylic acids is 1. The molecule has 0 bridgehead atoms. The van der Waals surface area contributed by atoms with E-state index in [1.54, 1.807) is 12.1 Å². The first-order valence-corrected chi connectivity index (χ1v) is 12.7. The molecule has 8 nitrogen and oxygen atoms in total. The summed E-state index contributed by atoms with van der Waals surface area (Å²) in [6.45, 7) is 0. The highest BCUT2D eigenvalue weighted by molar-refractivity contribution is 7.90. The molecule has 32 heavy (non-hydrogen) atoms. The lowest BCUT2D eigenvalue weighted by Gasteiger charge is -2.24. The standard InChI is InChI=1S/C22H28ClN3O5S/c1-30-22(31-2)18-12-25-20(13-24-18)26-21(27)11-16(14-6-4-5-7-14)15-8-9-19(17(23)10-15)32(3,28)29/h8-10,12-14,16,22H,4-7,11H2,1-3H3,(H,25,26,27). The molecule has 1 amide bonds. The van der Waals surface area contributed by atoms with Crippen molar-refractivity contribution < 1.29 is 22.7 Å². The van der Waals surface area contributed by atoms with Gasteiger partial charge in [0.15, 0.2) is 15.7 Å². The number of methoxy groups -OCH3 is 2. The van der Waals surface area contributed by atoms with E-state index < -0.39 is 16.1 Å². The molecule has 10 heteroatoms. The lowest BCUT2D eigenvalue weighted by Crippen LogP contribution is -2.21. The van der Waals surface area contributed by atoms with Gasteiger partial charge in [0.05, 0.1) is 22.3 Å². The molecular weight excluding hydrogens is 454 g/mol. The third kappa shape index (κ3) is 6.04. The van der Waals surface area contributed by atoms with Gasteiger partial charge in [0.2, 0.25) is 12.2 Å². The third-order valence-electron chi connectivity index (χ3n) is 5.77. The van der Waals surface area contributed by atoms with Crippen LogP contribution < -0.4 is 5.32 Å². The van der Waals surface area contributed by atoms with Crippen LogP contribution in [-0.4, -0.2) is 44.8 Å². The average molecular weight is 482 g/mol. The number of amides is 1. The molecule has 0 aliphatic heterocycles. The second-order valence-corrected chi connectivity index (χ2v) is 10.4. The topological polar surface area (TPSA) is 107 Å². The summed E-state index contributed by atoms with van der Waals surface area (Å²) in [4.78, 5) is 21.4. The normalized spacial score (nSPS) is 15.8. The lowest BCUT2D eigenvalue weighted by molar-refractivity contribution is -0.116. The van der Waals surface area contributed by atoms with Crippen LogP contribution in [0.25, 0.3) is 0 Å². The van der Waals surface area contributed by atoms with E-state index in [0.29, 0.717) is 17.4 Å². The summed E-state index contributed by atoms with van der Waals surface area (Å²) >= 11 is 6.28. The van der Waals surface area contributed by atoms with Gasteiger partial charge in [-0.1, -0.05) is 30.5 Å². The van der Waals surface area contributed by atoms with Gasteiger partial charge in [0.1, 0.15) is 5.69 Å². The first-order valence-electron chi connectivity index (χ1n) is 10.4. The van der Waals surface area contributed by atoms with Gasteiger partial charge in [-0.05, 0) is 42.4 Å². The van der Waals surface area contributed by atoms with Gasteiger partial charge in [-0.3, -0.25) is 9.78 Å². The van der Waals surface area contributed by atoms with Gasteiger partial charge in [-0.15, -0.1) is 0 Å². The second kappa shape index (κ2) is 10.7. The van der Waals surface area contributed by atoms with E-state index in [9.17, 15) is 13.2 Å². The van der Waals surface area contributed by atoms with Crippen molar-refractivity contribution >= 4 is 33.2 Å². The predicted octanol–water partition coefficient (Wildman–Crippen LogP) is 4.13. The highest BCUT2D eigenvalue weighted by Gasteiger charge is 2.29. The van der Waals surface area contributed by atoms with E-state index in [1.807, 2.05) is 0 Å². The van der Waals surface area contributed by atoms with Gasteiger partial charge < -0.3 is 14.8 Å². The fraction of sp³-hybridized carbons (Fsp3) is 0.500. The fourth-order valence-electron chi connectivity index (χ4n) is 4.22. The molecule has 1 aliphatic rings. The van der Waals surface area contributed by atoms with Crippen LogP contribution in [0, 0.1) is 5.92 Å². The molecule has 1 aromatic heterocycles. The maximum absolute atomic E-state index is 12.8. The van der Waals surface area contributed by atoms with Crippen molar-refractivity contribution in [3.05, 3.63) is 46.9 Å². The lowest BCUT2D eigenvalue weighted by atomic mass is 9.82. The van der Waals surface area contributed by atoms with Crippen molar-refractivity contribution in [3.63, 3.8) is 0 Å². The van der Waals surface area contributed by atoms with Crippen LogP contribution in [0.4, 0.5) is 5.82 Å². The van der Waals surface area contributed by atoms with E-state index in [-0.39, 0.29) is 28.2 Å². The molecule has 1 atom stereocenters. The summed E-state index contributed by atoms with van der Waals surface area (Å²) in [5, 5.41) is 2.98. The summed E-state index contributed by atoms with van der Waals surface area (Å²) in [6.07, 6.45) is 7.96. The molecule has 3 rings (SSSR count). The number of nitrogens with one attached hydrogen (secondary N) is 1. The van der Waals surface area contributed by atoms with Gasteiger partial charge in [0, 0.05) is 26.9 Å². The summed E-state index contributed by atoms with van der Waals surface area (Å²) in [5.74, 6) is 0.406. The van der Waals surface area contributed by atoms with E-state index >= 15 is 0 Å². The molecule has 0 spiro atoms. The van der Waals surface area contributed by atoms with Crippen molar-refractivity contribution in [2.24, 2.45) is 5.92 Å². The Kier molecular flexibility index (Phi) is 8.21. The van der Waals surface area contributed by atoms with E-state index in [2.05, 4.69) is 15.3 Å². The summed E-state index contributed by atoms with van der Waals surface area (Å²) in [6, 6.07) is 4.97. The SMILES string of the molecule is COC(OC)c1cnc(NC(=O)CC(c2ccc(S(C)(=O)=O)c(Cl)c2)C2CCCC2)cn1. The zero-order chi connectivity index (χ0) is 23.3. The Labute approximate surface area is 193 Å². The molecule has 1 fully saturated rings. The quantitative estimate of drug-likeness (QED) is 0.536. The summed E-state index contributed by atoms with van der Waals surface area (Å²) in [7, 11) is -0.410. The van der Waals surface area contributed by atoms with Crippen molar-refractivity contribution in [2.75, 3.05) is 25.8 Å². The molecule has 1 aromatic carbocycles. The number of halogens is 1.